The summed E-state index contributed by atoms with van der Waals surface area (Å²) < 4.78 is 5.10. The van der Waals surface area contributed by atoms with E-state index in [2.05, 4.69) is 191 Å². The van der Waals surface area contributed by atoms with E-state index in [1.807, 2.05) is 11.3 Å². The van der Waals surface area contributed by atoms with E-state index in [0.717, 1.165) is 22.7 Å². The Balaban J connectivity index is 1.20. The van der Waals surface area contributed by atoms with Crippen LogP contribution < -0.4 is 4.90 Å². The van der Waals surface area contributed by atoms with Crippen LogP contribution in [0.15, 0.2) is 182 Å². The van der Waals surface area contributed by atoms with Crippen molar-refractivity contribution in [1.29, 1.82) is 0 Å². The summed E-state index contributed by atoms with van der Waals surface area (Å²) in [4.78, 5) is 2.43. The second-order valence-corrected chi connectivity index (χ2v) is 14.3. The molecule has 11 rings (SSSR count). The van der Waals surface area contributed by atoms with Gasteiger partial charge in [0.1, 0.15) is 0 Å². The van der Waals surface area contributed by atoms with Gasteiger partial charge in [0.05, 0.1) is 16.7 Å². The lowest BCUT2D eigenvalue weighted by Gasteiger charge is -2.27. The number of aromatic nitrogens is 1. The van der Waals surface area contributed by atoms with Crippen molar-refractivity contribution in [3.05, 3.63) is 182 Å². The van der Waals surface area contributed by atoms with Gasteiger partial charge in [0.2, 0.25) is 0 Å². The number of nitrogens with zero attached hydrogens (tertiary/aromatic N) is 2. The zero-order valence-corrected chi connectivity index (χ0v) is 28.4. The number of hydrogen-bond acceptors (Lipinski definition) is 2. The molecule has 0 amide bonds. The Kier molecular flexibility index (Phi) is 6.16. The molecule has 0 spiro atoms. The number of para-hydroxylation sites is 3. The summed E-state index contributed by atoms with van der Waals surface area (Å²) in [7, 11) is 0. The van der Waals surface area contributed by atoms with Crippen LogP contribution in [0, 0.1) is 0 Å². The Bertz CT molecular complexity index is 3140. The summed E-state index contributed by atoms with van der Waals surface area (Å²) in [6.45, 7) is 0. The third-order valence-electron chi connectivity index (χ3n) is 10.5. The zero-order valence-electron chi connectivity index (χ0n) is 27.6. The van der Waals surface area contributed by atoms with Crippen LogP contribution in [0.2, 0.25) is 0 Å². The molecule has 0 aliphatic heterocycles. The quantitative estimate of drug-likeness (QED) is 0.170. The van der Waals surface area contributed by atoms with Crippen LogP contribution in [0.3, 0.4) is 0 Å². The Morgan fingerprint density at radius 3 is 1.90 bits per heavy atom. The topological polar surface area (TPSA) is 8.17 Å². The third-order valence-corrected chi connectivity index (χ3v) is 11.7. The first-order valence-electron chi connectivity index (χ1n) is 17.4. The Hall–Kier alpha value is -6.42. The minimum Gasteiger partial charge on any atom is -0.310 e. The molecule has 0 saturated carbocycles. The maximum absolute atomic E-state index is 2.43. The average molecular weight is 667 g/mol. The number of fused-ring (bicyclic) bond motifs is 13. The third kappa shape index (κ3) is 4.16. The van der Waals surface area contributed by atoms with E-state index in [1.165, 1.54) is 74.3 Å². The van der Waals surface area contributed by atoms with Gasteiger partial charge in [-0.1, -0.05) is 121 Å². The van der Waals surface area contributed by atoms with Crippen molar-refractivity contribution in [2.75, 3.05) is 4.90 Å². The number of benzene rings is 9. The van der Waals surface area contributed by atoms with Crippen LogP contribution in [-0.2, 0) is 0 Å². The fourth-order valence-corrected chi connectivity index (χ4v) is 9.66. The molecule has 238 valence electrons. The van der Waals surface area contributed by atoms with E-state index < -0.39 is 0 Å². The summed E-state index contributed by atoms with van der Waals surface area (Å²) >= 11 is 1.91. The molecule has 0 unspecified atom stereocenters. The molecule has 0 saturated heterocycles. The van der Waals surface area contributed by atoms with Crippen LogP contribution in [0.25, 0.3) is 80.0 Å². The molecule has 0 radical (unpaired) electrons. The molecular weight excluding hydrogens is 637 g/mol. The summed E-state index contributed by atoms with van der Waals surface area (Å²) in [5.74, 6) is 0. The van der Waals surface area contributed by atoms with Crippen LogP contribution in [0.5, 0.6) is 0 Å². The van der Waals surface area contributed by atoms with Crippen molar-refractivity contribution in [2.24, 2.45) is 0 Å². The van der Waals surface area contributed by atoms with Gasteiger partial charge in [-0.3, -0.25) is 0 Å². The van der Waals surface area contributed by atoms with Crippen LogP contribution in [-0.4, -0.2) is 4.57 Å². The molecule has 0 N–H and O–H groups in total. The van der Waals surface area contributed by atoms with Gasteiger partial charge in [0, 0.05) is 53.4 Å². The average Bonchev–Trinajstić information content (AvgIpc) is 3.76. The molecule has 0 bridgehead atoms. The van der Waals surface area contributed by atoms with Crippen molar-refractivity contribution in [3.63, 3.8) is 0 Å². The molecule has 3 heteroatoms. The van der Waals surface area contributed by atoms with Crippen LogP contribution in [0.4, 0.5) is 17.1 Å². The highest BCUT2D eigenvalue weighted by Gasteiger charge is 2.22. The molecule has 51 heavy (non-hydrogen) atoms. The summed E-state index contributed by atoms with van der Waals surface area (Å²) in [6.07, 6.45) is 0. The zero-order chi connectivity index (χ0) is 33.5. The highest BCUT2D eigenvalue weighted by atomic mass is 32.1. The monoisotopic (exact) mass is 666 g/mol. The Morgan fingerprint density at radius 1 is 0.392 bits per heavy atom. The van der Waals surface area contributed by atoms with Gasteiger partial charge in [-0.25, -0.2) is 0 Å². The van der Waals surface area contributed by atoms with Gasteiger partial charge in [-0.15, -0.1) is 11.3 Å². The lowest BCUT2D eigenvalue weighted by Crippen LogP contribution is -2.10. The van der Waals surface area contributed by atoms with Crippen molar-refractivity contribution < 1.29 is 0 Å². The van der Waals surface area contributed by atoms with Gasteiger partial charge in [0.25, 0.3) is 0 Å². The first-order chi connectivity index (χ1) is 25.3. The molecule has 0 aliphatic rings. The normalized spacial score (nSPS) is 11.9. The molecular formula is C48H30N2S. The second-order valence-electron chi connectivity index (χ2n) is 13.3. The number of thiophene rings is 1. The Labute approximate surface area is 298 Å². The number of anilines is 3. The van der Waals surface area contributed by atoms with E-state index >= 15 is 0 Å². The predicted octanol–water partition coefficient (Wildman–Crippen LogP) is 14.1. The van der Waals surface area contributed by atoms with Gasteiger partial charge in [-0.05, 0) is 87.6 Å². The molecule has 0 aliphatic carbocycles. The first kappa shape index (κ1) is 28.4. The smallest absolute Gasteiger partial charge is 0.0562 e. The SMILES string of the molecule is c1ccc(N(c2ccc3c(ccc4c3c3ccccc3c3sc5ccccc5c43)c2)c2cccc3c2c2ccccc2n3-c2ccccc2)cc1. The van der Waals surface area contributed by atoms with E-state index in [-0.39, 0.29) is 0 Å². The summed E-state index contributed by atoms with van der Waals surface area (Å²) in [5, 5.41) is 12.9. The molecule has 0 fully saturated rings. The number of rotatable bonds is 4. The van der Waals surface area contributed by atoms with Gasteiger partial charge >= 0.3 is 0 Å². The van der Waals surface area contributed by atoms with Crippen LogP contribution in [0.1, 0.15) is 0 Å². The number of hydrogen-bond donors (Lipinski definition) is 0. The first-order valence-corrected chi connectivity index (χ1v) is 18.3. The Morgan fingerprint density at radius 2 is 1.06 bits per heavy atom. The summed E-state index contributed by atoms with van der Waals surface area (Å²) in [5.41, 5.74) is 6.95. The van der Waals surface area contributed by atoms with Crippen LogP contribution >= 0.6 is 11.3 Å². The molecule has 9 aromatic carbocycles. The maximum atomic E-state index is 2.43. The van der Waals surface area contributed by atoms with E-state index in [1.54, 1.807) is 0 Å². The fourth-order valence-electron chi connectivity index (χ4n) is 8.40. The van der Waals surface area contributed by atoms with Crippen molar-refractivity contribution in [2.45, 2.75) is 0 Å². The summed E-state index contributed by atoms with van der Waals surface area (Å²) in [6, 6.07) is 66.5. The second kappa shape index (κ2) is 11.0. The largest absolute Gasteiger partial charge is 0.310 e. The lowest BCUT2D eigenvalue weighted by atomic mass is 9.93. The van der Waals surface area contributed by atoms with Gasteiger partial charge in [-0.2, -0.15) is 0 Å². The van der Waals surface area contributed by atoms with Gasteiger partial charge < -0.3 is 9.47 Å². The van der Waals surface area contributed by atoms with Crippen molar-refractivity contribution in [3.8, 4) is 5.69 Å². The standard InChI is InChI=1S/C48H30N2S/c1-3-14-32(15-4-1)49(42-23-13-24-43-47(42)38-20-9-11-22-41(38)50(43)33-16-5-2-6-17-33)34-27-29-35-31(30-34)26-28-40-45(35)36-18-7-8-19-37(36)48-46(40)39-21-10-12-25-44(39)51-48/h1-30H. The minimum absolute atomic E-state index is 1.12. The van der Waals surface area contributed by atoms with Crippen molar-refractivity contribution in [1.82, 2.24) is 4.57 Å². The van der Waals surface area contributed by atoms with Crippen molar-refractivity contribution >= 4 is 103 Å². The molecule has 11 aromatic rings. The minimum atomic E-state index is 1.12. The molecule has 2 heterocycles. The molecule has 0 atom stereocenters. The molecule has 2 nitrogen and oxygen atoms in total. The maximum Gasteiger partial charge on any atom is 0.0562 e. The van der Waals surface area contributed by atoms with E-state index in [4.69, 9.17) is 0 Å². The van der Waals surface area contributed by atoms with E-state index in [9.17, 15) is 0 Å². The van der Waals surface area contributed by atoms with E-state index in [0.29, 0.717) is 0 Å². The lowest BCUT2D eigenvalue weighted by molar-refractivity contribution is 1.18. The highest BCUT2D eigenvalue weighted by Crippen LogP contribution is 2.48. The molecule has 2 aromatic heterocycles. The highest BCUT2D eigenvalue weighted by molar-refractivity contribution is 7.27. The fraction of sp³-hybridized carbons (Fsp3) is 0. The van der Waals surface area contributed by atoms with Gasteiger partial charge in [0.15, 0.2) is 0 Å². The predicted molar refractivity (Wildman–Crippen MR) is 221 cm³/mol.